The number of carbonyl (C=O) groups is 2. The van der Waals surface area contributed by atoms with Crippen LogP contribution in [0.25, 0.3) is 0 Å². The van der Waals surface area contributed by atoms with E-state index in [9.17, 15) is 24.3 Å². The second-order valence-electron chi connectivity index (χ2n) is 11.8. The van der Waals surface area contributed by atoms with E-state index in [0.717, 1.165) is 14.1 Å². The zero-order valence-electron chi connectivity index (χ0n) is 22.5. The second kappa shape index (κ2) is 9.26. The van der Waals surface area contributed by atoms with E-state index in [2.05, 4.69) is 4.98 Å². The summed E-state index contributed by atoms with van der Waals surface area (Å²) < 4.78 is 7.45. The van der Waals surface area contributed by atoms with E-state index >= 15 is 0 Å². The van der Waals surface area contributed by atoms with Gasteiger partial charge in [-0.05, 0) is 50.9 Å². The summed E-state index contributed by atoms with van der Waals surface area (Å²) in [7, 11) is 1.54. The Labute approximate surface area is 233 Å². The minimum absolute atomic E-state index is 0.0553. The molecule has 6 rings (SSSR count). The highest BCUT2D eigenvalue weighted by molar-refractivity contribution is 7.09. The van der Waals surface area contributed by atoms with Gasteiger partial charge < -0.3 is 20.5 Å². The van der Waals surface area contributed by atoms with E-state index in [4.69, 9.17) is 15.9 Å². The molecule has 0 bridgehead atoms. The van der Waals surface area contributed by atoms with Crippen molar-refractivity contribution in [3.63, 3.8) is 0 Å². The van der Waals surface area contributed by atoms with E-state index in [0.29, 0.717) is 64.0 Å². The summed E-state index contributed by atoms with van der Waals surface area (Å²) in [6, 6.07) is -0.709. The lowest BCUT2D eigenvalue weighted by atomic mass is 9.51. The number of nitrogens with zero attached hydrogens (tertiary/aromatic N) is 5. The third-order valence-corrected chi connectivity index (χ3v) is 10.0. The molecule has 4 N–H and O–H groups in total. The summed E-state index contributed by atoms with van der Waals surface area (Å²) in [4.78, 5) is 60.4. The van der Waals surface area contributed by atoms with Gasteiger partial charge in [0.25, 0.3) is 11.5 Å². The van der Waals surface area contributed by atoms with Crippen molar-refractivity contribution >= 4 is 29.1 Å². The van der Waals surface area contributed by atoms with Crippen LogP contribution >= 0.6 is 11.3 Å². The number of ether oxygens (including phenoxy) is 1. The average Bonchev–Trinajstić information content (AvgIpc) is 3.35. The molecule has 0 radical (unpaired) electrons. The molecule has 3 amide bonds. The Bertz CT molecular complexity index is 1520. The summed E-state index contributed by atoms with van der Waals surface area (Å²) in [6.07, 6.45) is 3.50. The van der Waals surface area contributed by atoms with Crippen LogP contribution in [0, 0.1) is 23.7 Å². The van der Waals surface area contributed by atoms with Crippen LogP contribution in [0.15, 0.2) is 15.0 Å². The zero-order valence-corrected chi connectivity index (χ0v) is 23.3. The maximum Gasteiger partial charge on any atom is 0.334 e. The fraction of sp³-hybridized carbons (Fsp3) is 0.615. The van der Waals surface area contributed by atoms with Gasteiger partial charge in [0.2, 0.25) is 5.88 Å². The van der Waals surface area contributed by atoms with Crippen molar-refractivity contribution in [3.8, 4) is 5.88 Å². The van der Waals surface area contributed by atoms with Gasteiger partial charge in [0.05, 0.1) is 30.5 Å². The highest BCUT2D eigenvalue weighted by Crippen LogP contribution is 2.62. The summed E-state index contributed by atoms with van der Waals surface area (Å²) in [6.45, 7) is 3.46. The van der Waals surface area contributed by atoms with Gasteiger partial charge in [-0.25, -0.2) is 14.6 Å². The lowest BCUT2D eigenvalue weighted by Gasteiger charge is -2.58. The smallest absolute Gasteiger partial charge is 0.334 e. The molecule has 14 heteroatoms. The van der Waals surface area contributed by atoms with E-state index in [1.54, 1.807) is 10.3 Å². The fourth-order valence-electron chi connectivity index (χ4n) is 7.14. The summed E-state index contributed by atoms with van der Waals surface area (Å²) in [5.74, 6) is -1.17. The Morgan fingerprint density at radius 2 is 1.90 bits per heavy atom. The van der Waals surface area contributed by atoms with Crippen LogP contribution in [-0.4, -0.2) is 79.1 Å². The molecule has 2 aliphatic heterocycles. The number of amides is 3. The minimum Gasteiger partial charge on any atom is -0.494 e. The molecule has 0 unspecified atom stereocenters. The van der Waals surface area contributed by atoms with Gasteiger partial charge in [0.1, 0.15) is 16.9 Å². The molecule has 2 aromatic rings. The molecular formula is C26H33N7O6S. The number of nitrogens with one attached hydrogen (secondary N) is 1. The van der Waals surface area contributed by atoms with Gasteiger partial charge in [-0.2, -0.15) is 0 Å². The quantitative estimate of drug-likeness (QED) is 0.261. The number of hydrogen-bond acceptors (Lipinski definition) is 9. The molecule has 2 saturated carbocycles. The van der Waals surface area contributed by atoms with Gasteiger partial charge in [-0.15, -0.1) is 11.3 Å². The van der Waals surface area contributed by atoms with Crippen molar-refractivity contribution in [2.75, 3.05) is 26.8 Å². The van der Waals surface area contributed by atoms with E-state index in [-0.39, 0.29) is 29.8 Å². The number of aromatic hydroxyl groups is 1. The molecule has 4 heterocycles. The van der Waals surface area contributed by atoms with Crippen LogP contribution in [0.5, 0.6) is 5.88 Å². The van der Waals surface area contributed by atoms with Crippen LogP contribution in [-0.2, 0) is 16.1 Å². The first-order valence-electron chi connectivity index (χ1n) is 13.5. The van der Waals surface area contributed by atoms with Gasteiger partial charge >= 0.3 is 11.7 Å². The monoisotopic (exact) mass is 571 g/mol. The number of rotatable bonds is 6. The van der Waals surface area contributed by atoms with E-state index in [1.165, 1.54) is 23.3 Å². The molecule has 0 aromatic carbocycles. The predicted molar refractivity (Wildman–Crippen MR) is 145 cm³/mol. The number of likely N-dealkylation sites (N-methyl/N-ethyl adjacent to an activating group) is 1. The highest BCUT2D eigenvalue weighted by Gasteiger charge is 2.68. The number of carbonyl (C=O) groups excluding carboxylic acids is 2. The lowest BCUT2D eigenvalue weighted by molar-refractivity contribution is -0.152. The zero-order chi connectivity index (χ0) is 28.6. The third kappa shape index (κ3) is 3.91. The molecular weight excluding hydrogens is 538 g/mol. The largest absolute Gasteiger partial charge is 0.494 e. The number of aryl methyl sites for hydroxylation is 1. The number of amidine groups is 1. The molecule has 0 atom stereocenters. The molecule has 2 saturated heterocycles. The predicted octanol–water partition coefficient (Wildman–Crippen LogP) is 0.987. The van der Waals surface area contributed by atoms with Gasteiger partial charge in [-0.1, -0.05) is 0 Å². The number of nitrogens with two attached hydrogens (primary N) is 1. The van der Waals surface area contributed by atoms with Gasteiger partial charge in [-0.3, -0.25) is 29.0 Å². The number of urea groups is 1. The first-order valence-corrected chi connectivity index (χ1v) is 14.4. The molecule has 4 fully saturated rings. The number of hydrogen-bond donors (Lipinski definition) is 3. The van der Waals surface area contributed by atoms with Crippen molar-refractivity contribution < 1.29 is 19.4 Å². The highest BCUT2D eigenvalue weighted by atomic mass is 32.1. The lowest BCUT2D eigenvalue weighted by Crippen LogP contribution is -2.65. The standard InChI is InChI=1S/C26H33N7O6S/c1-14-29-16(11-40-14)8-31-20(34)18(19(27)28)21(35)33(24(31)38)17-3-5-25(6-4-17)12-26(13-25)22(36)30(2)23(37)32(26)7-15-9-39-10-15/h11,15,17,34H,3-10,12-13H2,1-2H3,(H3,27,28). The van der Waals surface area contributed by atoms with Crippen molar-refractivity contribution in [2.24, 2.45) is 17.1 Å². The molecule has 2 aromatic heterocycles. The summed E-state index contributed by atoms with van der Waals surface area (Å²) in [5.41, 5.74) is 3.39. The molecule has 2 aliphatic carbocycles. The molecule has 2 spiro atoms. The Morgan fingerprint density at radius 3 is 2.45 bits per heavy atom. The first-order chi connectivity index (χ1) is 19.0. The Morgan fingerprint density at radius 1 is 1.23 bits per heavy atom. The number of imide groups is 1. The number of aromatic nitrogens is 3. The number of nitrogen functional groups attached to an aromatic ring is 1. The maximum atomic E-state index is 13.6. The van der Waals surface area contributed by atoms with Gasteiger partial charge in [0, 0.05) is 30.9 Å². The van der Waals surface area contributed by atoms with Crippen molar-refractivity contribution in [1.29, 1.82) is 5.41 Å². The molecule has 214 valence electrons. The normalized spacial score (nSPS) is 28.4. The SMILES string of the molecule is Cc1nc(Cn2c(O)c(C(=N)N)c(=O)n(C3CCC4(CC3)CC3(C4)C(=O)N(C)C(=O)N3CC3COC3)c2=O)cs1. The average molecular weight is 572 g/mol. The topological polar surface area (TPSA) is 177 Å². The summed E-state index contributed by atoms with van der Waals surface area (Å²) in [5, 5.41) is 21.2. The summed E-state index contributed by atoms with van der Waals surface area (Å²) >= 11 is 1.40. The van der Waals surface area contributed by atoms with Crippen LogP contribution in [0.1, 0.15) is 60.8 Å². The fourth-order valence-corrected chi connectivity index (χ4v) is 7.74. The van der Waals surface area contributed by atoms with Crippen molar-refractivity contribution in [1.82, 2.24) is 23.9 Å². The third-order valence-electron chi connectivity index (χ3n) is 9.21. The Balaban J connectivity index is 1.25. The molecule has 13 nitrogen and oxygen atoms in total. The molecule has 4 aliphatic rings. The van der Waals surface area contributed by atoms with Crippen LogP contribution < -0.4 is 17.0 Å². The Kier molecular flexibility index (Phi) is 6.18. The van der Waals surface area contributed by atoms with E-state index < -0.39 is 40.1 Å². The first kappa shape index (κ1) is 26.7. The van der Waals surface area contributed by atoms with Crippen LogP contribution in [0.3, 0.4) is 0 Å². The Hall–Kier alpha value is -3.52. The van der Waals surface area contributed by atoms with E-state index in [1.807, 2.05) is 6.92 Å². The van der Waals surface area contributed by atoms with Crippen LogP contribution in [0.2, 0.25) is 0 Å². The molecule has 40 heavy (non-hydrogen) atoms. The van der Waals surface area contributed by atoms with Crippen molar-refractivity contribution in [3.05, 3.63) is 42.5 Å². The maximum absolute atomic E-state index is 13.6. The minimum atomic E-state index is -0.830. The van der Waals surface area contributed by atoms with Crippen LogP contribution in [0.4, 0.5) is 4.79 Å². The van der Waals surface area contributed by atoms with Gasteiger partial charge in [0.15, 0.2) is 0 Å². The van der Waals surface area contributed by atoms with Crippen molar-refractivity contribution in [2.45, 2.75) is 63.6 Å². The second-order valence-corrected chi connectivity index (χ2v) is 12.9. The number of thiazole rings is 1.